The molecule has 1 aliphatic heterocycles. The lowest BCUT2D eigenvalue weighted by molar-refractivity contribution is -0.114. The fraction of sp³-hybridized carbons (Fsp3) is 0.167. The molecule has 1 heterocycles. The molecule has 1 aromatic carbocycles. The molecule has 1 aliphatic rings. The molecule has 0 bridgehead atoms. The van der Waals surface area contributed by atoms with E-state index in [4.69, 9.17) is 0 Å². The number of benzene rings is 1. The Morgan fingerprint density at radius 1 is 1.42 bits per heavy atom. The van der Waals surface area contributed by atoms with Gasteiger partial charge in [-0.15, -0.1) is 0 Å². The van der Waals surface area contributed by atoms with E-state index in [2.05, 4.69) is 31.6 Å². The quantitative estimate of drug-likeness (QED) is 0.886. The fourth-order valence-electron chi connectivity index (χ4n) is 1.69. The predicted octanol–water partition coefficient (Wildman–Crippen LogP) is 1.64. The number of halogens is 1. The van der Waals surface area contributed by atoms with Gasteiger partial charge in [0.05, 0.1) is 0 Å². The number of carbonyl (C=O) groups is 3. The molecule has 7 heteroatoms. The summed E-state index contributed by atoms with van der Waals surface area (Å²) in [6, 6.07) is 4.60. The molecule has 0 atom stereocenters. The third-order valence-corrected chi connectivity index (χ3v) is 2.95. The molecule has 0 aromatic heterocycles. The first-order valence-electron chi connectivity index (χ1n) is 5.44. The molecular formula is C12H10BrN3O3. The number of nitrogens with one attached hydrogen (secondary N) is 2. The van der Waals surface area contributed by atoms with Crippen molar-refractivity contribution in [3.8, 4) is 0 Å². The van der Waals surface area contributed by atoms with Gasteiger partial charge in [-0.05, 0) is 23.8 Å². The van der Waals surface area contributed by atoms with E-state index in [1.54, 1.807) is 18.2 Å². The first-order chi connectivity index (χ1) is 8.95. The minimum Gasteiger partial charge on any atom is -0.326 e. The molecule has 0 aliphatic carbocycles. The summed E-state index contributed by atoms with van der Waals surface area (Å²) in [5.41, 5.74) is 1.42. The van der Waals surface area contributed by atoms with Crippen LogP contribution in [0.2, 0.25) is 0 Å². The van der Waals surface area contributed by atoms with Crippen molar-refractivity contribution in [2.45, 2.75) is 13.3 Å². The van der Waals surface area contributed by atoms with Gasteiger partial charge in [0.25, 0.3) is 5.91 Å². The maximum Gasteiger partial charge on any atom is 0.348 e. The molecular weight excluding hydrogens is 314 g/mol. The summed E-state index contributed by atoms with van der Waals surface area (Å²) in [7, 11) is 0. The van der Waals surface area contributed by atoms with Crippen molar-refractivity contribution in [3.05, 3.63) is 28.2 Å². The smallest absolute Gasteiger partial charge is 0.326 e. The normalized spacial score (nSPS) is 14.1. The summed E-state index contributed by atoms with van der Waals surface area (Å²) in [6.45, 7) is 1.40. The molecule has 0 saturated carbocycles. The number of imide groups is 1. The van der Waals surface area contributed by atoms with Gasteiger partial charge in [-0.3, -0.25) is 14.9 Å². The highest BCUT2D eigenvalue weighted by molar-refractivity contribution is 9.10. The summed E-state index contributed by atoms with van der Waals surface area (Å²) in [5.74, 6) is -0.712. The number of amides is 4. The summed E-state index contributed by atoms with van der Waals surface area (Å²) in [5, 5.41) is 4.75. The van der Waals surface area contributed by atoms with Crippen molar-refractivity contribution >= 4 is 45.2 Å². The van der Waals surface area contributed by atoms with Crippen molar-refractivity contribution in [1.82, 2.24) is 5.32 Å². The maximum absolute atomic E-state index is 11.4. The van der Waals surface area contributed by atoms with Crippen LogP contribution in [0.25, 0.3) is 0 Å². The summed E-state index contributed by atoms with van der Waals surface area (Å²) in [6.07, 6.45) is 0.173. The van der Waals surface area contributed by atoms with Crippen LogP contribution in [0.4, 0.5) is 10.5 Å². The zero-order valence-corrected chi connectivity index (χ0v) is 11.6. The molecule has 2 N–H and O–H groups in total. The lowest BCUT2D eigenvalue weighted by Crippen LogP contribution is -2.26. The number of urea groups is 1. The summed E-state index contributed by atoms with van der Waals surface area (Å²) in [4.78, 5) is 37.2. The lowest BCUT2D eigenvalue weighted by Gasteiger charge is -2.09. The van der Waals surface area contributed by atoms with Crippen LogP contribution in [0.5, 0.6) is 0 Å². The van der Waals surface area contributed by atoms with Crippen molar-refractivity contribution in [2.24, 2.45) is 4.99 Å². The second kappa shape index (κ2) is 5.31. The number of hydrogen-bond acceptors (Lipinski definition) is 3. The zero-order valence-electron chi connectivity index (χ0n) is 9.99. The van der Waals surface area contributed by atoms with Crippen LogP contribution < -0.4 is 10.6 Å². The van der Waals surface area contributed by atoms with E-state index in [1.165, 1.54) is 6.92 Å². The first kappa shape index (κ1) is 13.4. The molecule has 0 fully saturated rings. The topological polar surface area (TPSA) is 87.6 Å². The number of nitrogens with zero attached hydrogens (tertiary/aromatic N) is 1. The Bertz CT molecular complexity index is 610. The molecule has 2 rings (SSSR count). The Hall–Kier alpha value is -2.02. The van der Waals surface area contributed by atoms with E-state index in [0.717, 1.165) is 4.47 Å². The Morgan fingerprint density at radius 2 is 2.16 bits per heavy atom. The number of hydrogen-bond donors (Lipinski definition) is 2. The van der Waals surface area contributed by atoms with Crippen LogP contribution in [0.1, 0.15) is 12.5 Å². The molecule has 6 nitrogen and oxygen atoms in total. The number of aliphatic imine (C=N–C) groups is 1. The molecule has 4 amide bonds. The Morgan fingerprint density at radius 3 is 2.74 bits per heavy atom. The van der Waals surface area contributed by atoms with Crippen molar-refractivity contribution < 1.29 is 14.4 Å². The third-order valence-electron chi connectivity index (χ3n) is 2.45. The van der Waals surface area contributed by atoms with Gasteiger partial charge in [0.2, 0.25) is 5.91 Å². The van der Waals surface area contributed by atoms with Crippen LogP contribution in [0, 0.1) is 0 Å². The molecule has 0 saturated heterocycles. The van der Waals surface area contributed by atoms with Gasteiger partial charge in [-0.1, -0.05) is 15.9 Å². The molecule has 98 valence electrons. The second-order valence-corrected chi connectivity index (χ2v) is 4.89. The predicted molar refractivity (Wildman–Crippen MR) is 73.1 cm³/mol. The third kappa shape index (κ3) is 3.25. The highest BCUT2D eigenvalue weighted by Crippen LogP contribution is 2.22. The van der Waals surface area contributed by atoms with E-state index in [0.29, 0.717) is 11.3 Å². The Kier molecular flexibility index (Phi) is 3.75. The highest BCUT2D eigenvalue weighted by Gasteiger charge is 2.23. The van der Waals surface area contributed by atoms with E-state index >= 15 is 0 Å². The Labute approximate surface area is 117 Å². The standard InChI is InChI=1S/C12H10BrN3O3/c1-6(17)14-9-3-2-8(13)4-7(9)5-10-11(18)16-12(19)15-10/h2-4H,5H2,1H3,(H,14,17)(H,16,18,19). The zero-order chi connectivity index (χ0) is 14.0. The van der Waals surface area contributed by atoms with E-state index in [9.17, 15) is 14.4 Å². The molecule has 19 heavy (non-hydrogen) atoms. The number of rotatable bonds is 3. The molecule has 0 unspecified atom stereocenters. The van der Waals surface area contributed by atoms with Crippen molar-refractivity contribution in [3.63, 3.8) is 0 Å². The van der Waals surface area contributed by atoms with Gasteiger partial charge in [-0.2, -0.15) is 4.99 Å². The van der Waals surface area contributed by atoms with Crippen molar-refractivity contribution in [2.75, 3.05) is 5.32 Å². The molecule has 0 radical (unpaired) electrons. The molecule has 1 aromatic rings. The molecule has 0 spiro atoms. The average Bonchev–Trinajstić information content (AvgIpc) is 2.61. The van der Waals surface area contributed by atoms with Gasteiger partial charge in [0.15, 0.2) is 0 Å². The van der Waals surface area contributed by atoms with Crippen LogP contribution in [-0.4, -0.2) is 23.6 Å². The van der Waals surface area contributed by atoms with E-state index in [1.807, 2.05) is 0 Å². The van der Waals surface area contributed by atoms with Gasteiger partial charge in [0.1, 0.15) is 5.71 Å². The SMILES string of the molecule is CC(=O)Nc1ccc(Br)cc1CC1=NC(=O)NC1=O. The van der Waals surface area contributed by atoms with Gasteiger partial charge >= 0.3 is 6.03 Å². The number of anilines is 1. The van der Waals surface area contributed by atoms with E-state index < -0.39 is 11.9 Å². The van der Waals surface area contributed by atoms with Gasteiger partial charge in [-0.25, -0.2) is 4.79 Å². The maximum atomic E-state index is 11.4. The monoisotopic (exact) mass is 323 g/mol. The van der Waals surface area contributed by atoms with Gasteiger partial charge < -0.3 is 5.32 Å². The van der Waals surface area contributed by atoms with Crippen LogP contribution >= 0.6 is 15.9 Å². The lowest BCUT2D eigenvalue weighted by atomic mass is 10.1. The van der Waals surface area contributed by atoms with Crippen molar-refractivity contribution in [1.29, 1.82) is 0 Å². The largest absolute Gasteiger partial charge is 0.348 e. The summed E-state index contributed by atoms with van der Waals surface area (Å²) >= 11 is 3.32. The second-order valence-electron chi connectivity index (χ2n) is 3.98. The average molecular weight is 324 g/mol. The number of carbonyl (C=O) groups excluding carboxylic acids is 3. The van der Waals surface area contributed by atoms with Crippen LogP contribution in [0.3, 0.4) is 0 Å². The fourth-order valence-corrected chi connectivity index (χ4v) is 2.10. The highest BCUT2D eigenvalue weighted by atomic mass is 79.9. The minimum atomic E-state index is -0.656. The van der Waals surface area contributed by atoms with E-state index in [-0.39, 0.29) is 18.0 Å². The summed E-state index contributed by atoms with van der Waals surface area (Å²) < 4.78 is 0.807. The minimum absolute atomic E-state index is 0.134. The van der Waals surface area contributed by atoms with Gasteiger partial charge in [0, 0.05) is 23.5 Å². The van der Waals surface area contributed by atoms with Crippen LogP contribution in [-0.2, 0) is 16.0 Å². The Balaban J connectivity index is 2.30. The first-order valence-corrected chi connectivity index (χ1v) is 6.24. The van der Waals surface area contributed by atoms with Crippen LogP contribution in [0.15, 0.2) is 27.7 Å².